The molecule has 0 bridgehead atoms. The summed E-state index contributed by atoms with van der Waals surface area (Å²) in [5.74, 6) is 0. The minimum absolute atomic E-state index is 0.0152. The zero-order valence-electron chi connectivity index (χ0n) is 13.2. The van der Waals surface area contributed by atoms with Gasteiger partial charge in [-0.15, -0.1) is 0 Å². The molecule has 0 aromatic carbocycles. The van der Waals surface area contributed by atoms with Crippen LogP contribution in [0.5, 0.6) is 0 Å². The molecule has 10 aliphatic rings. The van der Waals surface area contributed by atoms with E-state index in [-0.39, 0.29) is 5.54 Å². The van der Waals surface area contributed by atoms with Crippen molar-refractivity contribution in [3.63, 3.8) is 0 Å². The van der Waals surface area contributed by atoms with Crippen LogP contribution in [0.4, 0.5) is 0 Å². The van der Waals surface area contributed by atoms with Gasteiger partial charge in [0.1, 0.15) is 0 Å². The average molecular weight is 325 g/mol. The van der Waals surface area contributed by atoms with Crippen molar-refractivity contribution in [3.8, 4) is 0 Å². The molecule has 0 amide bonds. The number of rotatable bonds is 6. The van der Waals surface area contributed by atoms with E-state index in [1.807, 2.05) is 0 Å². The predicted molar refractivity (Wildman–Crippen MR) is 82.3 cm³/mol. The molecule has 0 aromatic rings. The van der Waals surface area contributed by atoms with Crippen LogP contribution in [0, 0.1) is 0 Å². The van der Waals surface area contributed by atoms with Crippen molar-refractivity contribution in [2.24, 2.45) is 5.73 Å². The van der Waals surface area contributed by atoms with E-state index < -0.39 is 6.51 Å². The molecule has 4 atom stereocenters. The fourth-order valence-corrected chi connectivity index (χ4v) is 93.2. The Morgan fingerprint density at radius 1 is 0.952 bits per heavy atom. The van der Waals surface area contributed by atoms with Gasteiger partial charge >= 0.3 is 117 Å². The third-order valence-corrected chi connectivity index (χ3v) is 59.5. The van der Waals surface area contributed by atoms with Crippen molar-refractivity contribution >= 4 is 0 Å². The quantitative estimate of drug-likeness (QED) is 0.499. The van der Waals surface area contributed by atoms with Gasteiger partial charge in [-0.05, 0) is 0 Å². The van der Waals surface area contributed by atoms with Crippen LogP contribution in [-0.4, -0.2) is 5.54 Å². The molecule has 0 saturated carbocycles. The maximum absolute atomic E-state index is 7.09. The summed E-state index contributed by atoms with van der Waals surface area (Å²) in [6.07, 6.45) is 4.89. The standard InChI is InChI=1S/C14H22N.C5H5.Fe/c1-4-10-14(15,11-5-2)12(3)13-8-6-7-9-13;1-2-4-5-3-1;/h6-9H,3-5,10-11,15H2,1-2H3;1-5H;. The molecule has 2 N–H and O–H groups in total. The third kappa shape index (κ3) is 0.123. The van der Waals surface area contributed by atoms with Crippen molar-refractivity contribution in [1.82, 2.24) is 0 Å². The van der Waals surface area contributed by atoms with Crippen LogP contribution in [0.3, 0.4) is 0 Å². The van der Waals surface area contributed by atoms with Crippen LogP contribution in [0.15, 0.2) is 12.2 Å². The van der Waals surface area contributed by atoms with Crippen LogP contribution in [0.25, 0.3) is 0 Å². The van der Waals surface area contributed by atoms with Gasteiger partial charge in [0.25, 0.3) is 0 Å². The second-order valence-electron chi connectivity index (χ2n) is 12.8. The van der Waals surface area contributed by atoms with E-state index in [0.717, 1.165) is 4.31 Å². The molecule has 1 nitrogen and oxygen atoms in total. The fourth-order valence-electron chi connectivity index (χ4n) is 18.7. The molecule has 1 spiro atoms. The van der Waals surface area contributed by atoms with Crippen LogP contribution >= 0.6 is 0 Å². The first-order valence-electron chi connectivity index (χ1n) is 9.52. The van der Waals surface area contributed by atoms with Gasteiger partial charge in [0, 0.05) is 0 Å². The molecule has 0 aromatic heterocycles. The van der Waals surface area contributed by atoms with Crippen molar-refractivity contribution in [3.05, 3.63) is 12.2 Å². The van der Waals surface area contributed by atoms with Crippen molar-refractivity contribution in [2.45, 2.75) is 92.7 Å². The molecular weight excluding hydrogens is 298 g/mol. The molecule has 10 heterocycles. The molecule has 10 aliphatic heterocycles. The molecule has 4 unspecified atom stereocenters. The maximum atomic E-state index is 7.09. The Balaban J connectivity index is 1.32. The number of hydrogen-bond acceptors (Lipinski definition) is 1. The Labute approximate surface area is 117 Å². The summed E-state index contributed by atoms with van der Waals surface area (Å²) in [5, 5.41) is 0. The molecule has 116 valence electrons. The minimum atomic E-state index is -3.02. The molecule has 10 rings (SSSR count). The summed E-state index contributed by atoms with van der Waals surface area (Å²) in [7, 11) is 0. The van der Waals surface area contributed by atoms with Gasteiger partial charge in [0.15, 0.2) is 0 Å². The van der Waals surface area contributed by atoms with Gasteiger partial charge in [-0.2, -0.15) is 0 Å². The SMILES string of the molecule is C=C(C(N)(CCC)CCC)[C]12[CH]3[CH]4[CH]5[CH]1[Fe]45321678[CH]2[CH]1[CH]6[CH]7[CH]28. The Kier molecular flexibility index (Phi) is 0.406. The summed E-state index contributed by atoms with van der Waals surface area (Å²) >= 11 is 0. The van der Waals surface area contributed by atoms with Crippen LogP contribution in [-0.2, 0) is 6.51 Å². The molecule has 10 saturated heterocycles. The van der Waals surface area contributed by atoms with Gasteiger partial charge in [0.2, 0.25) is 0 Å². The average Bonchev–Trinajstić information content (AvgIpc) is 3.38. The fraction of sp³-hybridized carbons (Fsp3) is 0.895. The first kappa shape index (κ1) is 9.50. The van der Waals surface area contributed by atoms with E-state index in [1.165, 1.54) is 69.0 Å². The van der Waals surface area contributed by atoms with Crippen LogP contribution < -0.4 is 5.73 Å². The summed E-state index contributed by atoms with van der Waals surface area (Å²) in [4.78, 5) is 12.5. The van der Waals surface area contributed by atoms with E-state index in [9.17, 15) is 0 Å². The van der Waals surface area contributed by atoms with Crippen molar-refractivity contribution < 1.29 is 6.51 Å². The summed E-state index contributed by atoms with van der Waals surface area (Å²) < 4.78 is 0.818. The van der Waals surface area contributed by atoms with Gasteiger partial charge in [-0.3, -0.25) is 0 Å². The molecule has 0 radical (unpaired) electrons. The van der Waals surface area contributed by atoms with E-state index >= 15 is 0 Å². The zero-order chi connectivity index (χ0) is 13.9. The van der Waals surface area contributed by atoms with Gasteiger partial charge < -0.3 is 0 Å². The van der Waals surface area contributed by atoms with E-state index in [2.05, 4.69) is 13.8 Å². The van der Waals surface area contributed by atoms with E-state index in [0.29, 0.717) is 0 Å². The first-order chi connectivity index (χ1) is 9.82. The zero-order valence-corrected chi connectivity index (χ0v) is 14.3. The Morgan fingerprint density at radius 3 is 1.62 bits per heavy atom. The molecule has 21 heavy (non-hydrogen) atoms. The third-order valence-electron chi connectivity index (χ3n) is 17.1. The van der Waals surface area contributed by atoms with Crippen LogP contribution in [0.1, 0.15) is 39.5 Å². The van der Waals surface area contributed by atoms with E-state index in [1.54, 1.807) is 5.57 Å². The van der Waals surface area contributed by atoms with Gasteiger partial charge in [-0.25, -0.2) is 0 Å². The molecule has 10 fully saturated rings. The summed E-state index contributed by atoms with van der Waals surface area (Å²) in [6.45, 7) is 6.49. The topological polar surface area (TPSA) is 26.0 Å². The normalized spacial score (nSPS) is 99.5. The van der Waals surface area contributed by atoms with Crippen LogP contribution in [0.2, 0.25) is 47.7 Å². The predicted octanol–water partition coefficient (Wildman–Crippen LogP) is 5.60. The second-order valence-corrected chi connectivity index (χ2v) is 36.4. The molecule has 0 aliphatic carbocycles. The Hall–Kier alpha value is 0.219. The Morgan fingerprint density at radius 2 is 1.38 bits per heavy atom. The second kappa shape index (κ2) is 0.898. The summed E-state index contributed by atoms with van der Waals surface area (Å²) in [6, 6.07) is 0. The molecular formula is C19H27FeN. The van der Waals surface area contributed by atoms with Gasteiger partial charge in [0.05, 0.1) is 0 Å². The van der Waals surface area contributed by atoms with E-state index in [4.69, 9.17) is 12.3 Å². The number of fused-ring (bicyclic) bond motifs is 10. The monoisotopic (exact) mass is 325 g/mol. The molecule has 2 heteroatoms. The number of hydrogen-bond donors (Lipinski definition) is 1. The number of nitrogens with two attached hydrogens (primary N) is 1. The van der Waals surface area contributed by atoms with Crippen molar-refractivity contribution in [1.29, 1.82) is 0 Å². The summed E-state index contributed by atoms with van der Waals surface area (Å²) in [5.41, 5.74) is 8.79. The van der Waals surface area contributed by atoms with Gasteiger partial charge in [-0.1, -0.05) is 0 Å². The first-order valence-corrected chi connectivity index (χ1v) is 15.8. The Bertz CT molecular complexity index is 996. The van der Waals surface area contributed by atoms with Crippen molar-refractivity contribution in [2.75, 3.05) is 0 Å².